The number of hydrogen-bond acceptors (Lipinski definition) is 5. The summed E-state index contributed by atoms with van der Waals surface area (Å²) in [7, 11) is 1.61. The lowest BCUT2D eigenvalue weighted by atomic mass is 10.1. The first-order chi connectivity index (χ1) is 8.63. The zero-order valence-electron chi connectivity index (χ0n) is 10.8. The van der Waals surface area contributed by atoms with Crippen LogP contribution in [0, 0.1) is 5.92 Å². The van der Waals surface area contributed by atoms with Crippen molar-refractivity contribution >= 4 is 5.69 Å². The molecule has 96 valence electrons. The maximum Gasteiger partial charge on any atom is 0.187 e. The van der Waals surface area contributed by atoms with Gasteiger partial charge in [0, 0.05) is 12.2 Å². The van der Waals surface area contributed by atoms with Gasteiger partial charge in [-0.25, -0.2) is 4.68 Å². The number of methoxy groups -OCH3 is 1. The van der Waals surface area contributed by atoms with Crippen LogP contribution in [-0.4, -0.2) is 27.3 Å². The number of rotatable bonds is 4. The molecule has 1 aromatic heterocycles. The molecule has 1 heterocycles. The zero-order valence-corrected chi connectivity index (χ0v) is 10.8. The Morgan fingerprint density at radius 2 is 2.17 bits per heavy atom. The molecule has 0 amide bonds. The van der Waals surface area contributed by atoms with E-state index in [0.717, 1.165) is 12.1 Å². The molecule has 0 saturated heterocycles. The number of hydrogen-bond donors (Lipinski definition) is 1. The van der Waals surface area contributed by atoms with E-state index in [0.29, 0.717) is 23.2 Å². The van der Waals surface area contributed by atoms with Crippen LogP contribution in [0.5, 0.6) is 5.75 Å². The zero-order chi connectivity index (χ0) is 13.1. The summed E-state index contributed by atoms with van der Waals surface area (Å²) in [4.78, 5) is 0. The predicted octanol–water partition coefficient (Wildman–Crippen LogP) is 1.59. The van der Waals surface area contributed by atoms with Gasteiger partial charge in [-0.15, -0.1) is 5.10 Å². The van der Waals surface area contributed by atoms with Crippen molar-refractivity contribution < 1.29 is 4.74 Å². The van der Waals surface area contributed by atoms with Gasteiger partial charge in [0.1, 0.15) is 5.75 Å². The van der Waals surface area contributed by atoms with Gasteiger partial charge in [0.15, 0.2) is 5.82 Å². The van der Waals surface area contributed by atoms with Crippen molar-refractivity contribution in [3.63, 3.8) is 0 Å². The molecule has 0 saturated carbocycles. The summed E-state index contributed by atoms with van der Waals surface area (Å²) < 4.78 is 7.07. The second-order valence-electron chi connectivity index (χ2n) is 4.50. The Bertz CT molecular complexity index is 535. The maximum absolute atomic E-state index is 6.00. The molecule has 0 unspecified atom stereocenters. The molecule has 6 nitrogen and oxygen atoms in total. The highest BCUT2D eigenvalue weighted by atomic mass is 16.5. The Labute approximate surface area is 106 Å². The van der Waals surface area contributed by atoms with E-state index in [-0.39, 0.29) is 0 Å². The summed E-state index contributed by atoms with van der Waals surface area (Å²) in [5.41, 5.74) is 7.35. The van der Waals surface area contributed by atoms with Gasteiger partial charge in [-0.2, -0.15) is 0 Å². The standard InChI is InChI=1S/C12H17N5O/c1-8(2)7-17-12(14-15-16-17)11-9(13)5-4-6-10(11)18-3/h4-6,8H,7,13H2,1-3H3. The van der Waals surface area contributed by atoms with E-state index in [2.05, 4.69) is 29.4 Å². The van der Waals surface area contributed by atoms with Crippen molar-refractivity contribution in [3.05, 3.63) is 18.2 Å². The van der Waals surface area contributed by atoms with E-state index >= 15 is 0 Å². The van der Waals surface area contributed by atoms with E-state index in [1.165, 1.54) is 0 Å². The number of anilines is 1. The van der Waals surface area contributed by atoms with Gasteiger partial charge < -0.3 is 10.5 Å². The highest BCUT2D eigenvalue weighted by molar-refractivity contribution is 5.77. The van der Waals surface area contributed by atoms with Crippen LogP contribution in [0.25, 0.3) is 11.4 Å². The molecule has 0 aliphatic rings. The van der Waals surface area contributed by atoms with Gasteiger partial charge in [-0.05, 0) is 28.5 Å². The predicted molar refractivity (Wildman–Crippen MR) is 69.1 cm³/mol. The molecule has 2 rings (SSSR count). The summed E-state index contributed by atoms with van der Waals surface area (Å²) in [5, 5.41) is 11.8. The number of ether oxygens (including phenoxy) is 1. The number of nitrogens with zero attached hydrogens (tertiary/aromatic N) is 4. The van der Waals surface area contributed by atoms with Crippen LogP contribution >= 0.6 is 0 Å². The molecule has 0 aliphatic heterocycles. The Morgan fingerprint density at radius 1 is 1.39 bits per heavy atom. The Morgan fingerprint density at radius 3 is 2.83 bits per heavy atom. The Hall–Kier alpha value is -2.11. The van der Waals surface area contributed by atoms with Gasteiger partial charge >= 0.3 is 0 Å². The third-order valence-corrected chi connectivity index (χ3v) is 2.57. The van der Waals surface area contributed by atoms with Crippen molar-refractivity contribution in [3.8, 4) is 17.1 Å². The summed E-state index contributed by atoms with van der Waals surface area (Å²) in [6.07, 6.45) is 0. The lowest BCUT2D eigenvalue weighted by Gasteiger charge is -2.12. The first kappa shape index (κ1) is 12.3. The molecule has 1 aromatic carbocycles. The molecular weight excluding hydrogens is 230 g/mol. The number of aromatic nitrogens is 4. The van der Waals surface area contributed by atoms with Crippen LogP contribution in [0.4, 0.5) is 5.69 Å². The number of benzene rings is 1. The molecular formula is C12H17N5O. The van der Waals surface area contributed by atoms with Crippen LogP contribution in [0.1, 0.15) is 13.8 Å². The van der Waals surface area contributed by atoms with E-state index in [1.54, 1.807) is 11.8 Å². The van der Waals surface area contributed by atoms with Crippen molar-refractivity contribution in [1.82, 2.24) is 20.2 Å². The highest BCUT2D eigenvalue weighted by Gasteiger charge is 2.17. The molecule has 2 N–H and O–H groups in total. The van der Waals surface area contributed by atoms with Crippen LogP contribution in [0.3, 0.4) is 0 Å². The fourth-order valence-corrected chi connectivity index (χ4v) is 1.81. The molecule has 18 heavy (non-hydrogen) atoms. The van der Waals surface area contributed by atoms with Gasteiger partial charge in [-0.1, -0.05) is 19.9 Å². The quantitative estimate of drug-likeness (QED) is 0.830. The van der Waals surface area contributed by atoms with Crippen LogP contribution < -0.4 is 10.5 Å². The van der Waals surface area contributed by atoms with Crippen molar-refractivity contribution in [2.75, 3.05) is 12.8 Å². The topological polar surface area (TPSA) is 78.8 Å². The fourth-order valence-electron chi connectivity index (χ4n) is 1.81. The molecule has 0 fully saturated rings. The van der Waals surface area contributed by atoms with Crippen molar-refractivity contribution in [1.29, 1.82) is 0 Å². The maximum atomic E-state index is 6.00. The summed E-state index contributed by atoms with van der Waals surface area (Å²) in [6, 6.07) is 5.50. The molecule has 0 radical (unpaired) electrons. The van der Waals surface area contributed by atoms with Gasteiger partial charge in [0.25, 0.3) is 0 Å². The minimum absolute atomic E-state index is 0.447. The smallest absolute Gasteiger partial charge is 0.187 e. The first-order valence-corrected chi connectivity index (χ1v) is 5.82. The van der Waals surface area contributed by atoms with Gasteiger partial charge in [-0.3, -0.25) is 0 Å². The van der Waals surface area contributed by atoms with Crippen molar-refractivity contribution in [2.45, 2.75) is 20.4 Å². The summed E-state index contributed by atoms with van der Waals surface area (Å²) in [6.45, 7) is 4.95. The minimum atomic E-state index is 0.447. The van der Waals surface area contributed by atoms with Crippen LogP contribution in [0.2, 0.25) is 0 Å². The van der Waals surface area contributed by atoms with Gasteiger partial charge in [0.05, 0.1) is 12.7 Å². The molecule has 0 spiro atoms. The molecule has 0 aliphatic carbocycles. The van der Waals surface area contributed by atoms with E-state index in [4.69, 9.17) is 10.5 Å². The molecule has 2 aromatic rings. The highest BCUT2D eigenvalue weighted by Crippen LogP contribution is 2.33. The van der Waals surface area contributed by atoms with Crippen molar-refractivity contribution in [2.24, 2.45) is 5.92 Å². The summed E-state index contributed by atoms with van der Waals surface area (Å²) in [5.74, 6) is 1.76. The van der Waals surface area contributed by atoms with Crippen LogP contribution in [0.15, 0.2) is 18.2 Å². The third-order valence-electron chi connectivity index (χ3n) is 2.57. The molecule has 0 atom stereocenters. The second kappa shape index (κ2) is 5.03. The number of nitrogens with two attached hydrogens (primary N) is 1. The van der Waals surface area contributed by atoms with E-state index < -0.39 is 0 Å². The minimum Gasteiger partial charge on any atom is -0.496 e. The van der Waals surface area contributed by atoms with E-state index in [9.17, 15) is 0 Å². The molecule has 6 heteroatoms. The molecule has 0 bridgehead atoms. The normalized spacial score (nSPS) is 10.9. The van der Waals surface area contributed by atoms with Crippen LogP contribution in [-0.2, 0) is 6.54 Å². The average molecular weight is 247 g/mol. The fraction of sp³-hybridized carbons (Fsp3) is 0.417. The first-order valence-electron chi connectivity index (χ1n) is 5.82. The Balaban J connectivity index is 2.52. The van der Waals surface area contributed by atoms with E-state index in [1.807, 2.05) is 18.2 Å². The number of tetrazole rings is 1. The third kappa shape index (κ3) is 2.27. The lowest BCUT2D eigenvalue weighted by Crippen LogP contribution is -2.09. The number of nitrogen functional groups attached to an aromatic ring is 1. The monoisotopic (exact) mass is 247 g/mol. The summed E-state index contributed by atoms with van der Waals surface area (Å²) >= 11 is 0. The Kier molecular flexibility index (Phi) is 3.45. The second-order valence-corrected chi connectivity index (χ2v) is 4.50. The van der Waals surface area contributed by atoms with Gasteiger partial charge in [0.2, 0.25) is 0 Å². The largest absolute Gasteiger partial charge is 0.496 e. The lowest BCUT2D eigenvalue weighted by molar-refractivity contribution is 0.415. The average Bonchev–Trinajstić information content (AvgIpc) is 2.75. The SMILES string of the molecule is COc1cccc(N)c1-c1nnnn1CC(C)C.